The predicted octanol–water partition coefficient (Wildman–Crippen LogP) is 3.73. The first-order valence-corrected chi connectivity index (χ1v) is 6.78. The maximum absolute atomic E-state index is 5.51. The molecule has 0 spiro atoms. The number of anilines is 1. The van der Waals surface area contributed by atoms with Crippen LogP contribution >= 0.6 is 0 Å². The van der Waals surface area contributed by atoms with E-state index in [-0.39, 0.29) is 0 Å². The second-order valence-electron chi connectivity index (χ2n) is 5.08. The summed E-state index contributed by atoms with van der Waals surface area (Å²) < 4.78 is 10.9. The molecule has 1 aromatic heterocycles. The van der Waals surface area contributed by atoms with Gasteiger partial charge in [-0.3, -0.25) is 0 Å². The minimum Gasteiger partial charge on any atom is -0.496 e. The van der Waals surface area contributed by atoms with Gasteiger partial charge in [0.2, 0.25) is 0 Å². The van der Waals surface area contributed by atoms with Gasteiger partial charge in [0.15, 0.2) is 0 Å². The fourth-order valence-corrected chi connectivity index (χ4v) is 2.75. The van der Waals surface area contributed by atoms with Gasteiger partial charge in [0.05, 0.1) is 25.3 Å². The van der Waals surface area contributed by atoms with Crippen LogP contribution in [0.15, 0.2) is 12.1 Å². The largest absolute Gasteiger partial charge is 0.496 e. The molecular formula is C16H22N2O2. The summed E-state index contributed by atoms with van der Waals surface area (Å²) >= 11 is 0. The van der Waals surface area contributed by atoms with Crippen molar-refractivity contribution in [3.8, 4) is 11.5 Å². The predicted molar refractivity (Wildman–Crippen MR) is 83.2 cm³/mol. The van der Waals surface area contributed by atoms with Gasteiger partial charge >= 0.3 is 0 Å². The second-order valence-corrected chi connectivity index (χ2v) is 5.08. The summed E-state index contributed by atoms with van der Waals surface area (Å²) in [6, 6.07) is 3.81. The summed E-state index contributed by atoms with van der Waals surface area (Å²) in [4.78, 5) is 4.74. The fraction of sp³-hybridized carbons (Fsp3) is 0.438. The summed E-state index contributed by atoms with van der Waals surface area (Å²) in [6.07, 6.45) is 0. The zero-order chi connectivity index (χ0) is 14.9. The van der Waals surface area contributed by atoms with Crippen LogP contribution in [0.25, 0.3) is 10.9 Å². The summed E-state index contributed by atoms with van der Waals surface area (Å²) in [5.41, 5.74) is 4.13. The molecule has 2 rings (SSSR count). The minimum absolute atomic E-state index is 0.380. The number of nitrogens with one attached hydrogen (secondary N) is 1. The van der Waals surface area contributed by atoms with Gasteiger partial charge in [-0.2, -0.15) is 0 Å². The van der Waals surface area contributed by atoms with Gasteiger partial charge in [0.25, 0.3) is 0 Å². The minimum atomic E-state index is 0.380. The third-order valence-corrected chi connectivity index (χ3v) is 3.56. The smallest absolute Gasteiger partial charge is 0.145 e. The molecule has 20 heavy (non-hydrogen) atoms. The van der Waals surface area contributed by atoms with E-state index in [1.165, 1.54) is 5.56 Å². The number of hydrogen-bond acceptors (Lipinski definition) is 4. The van der Waals surface area contributed by atoms with Gasteiger partial charge in [0, 0.05) is 12.7 Å². The maximum atomic E-state index is 5.51. The van der Waals surface area contributed by atoms with Crippen molar-refractivity contribution in [1.82, 2.24) is 4.98 Å². The van der Waals surface area contributed by atoms with Crippen LogP contribution in [0.4, 0.5) is 5.69 Å². The molecule has 4 nitrogen and oxygen atoms in total. The number of fused-ring (bicyclic) bond motifs is 1. The van der Waals surface area contributed by atoms with Gasteiger partial charge in [0.1, 0.15) is 17.0 Å². The topological polar surface area (TPSA) is 43.4 Å². The molecule has 2 aromatic rings. The van der Waals surface area contributed by atoms with E-state index in [0.29, 0.717) is 5.92 Å². The van der Waals surface area contributed by atoms with Crippen molar-refractivity contribution in [1.29, 1.82) is 0 Å². The van der Waals surface area contributed by atoms with Crippen LogP contribution in [0.2, 0.25) is 0 Å². The SMILES string of the molecule is CNc1c(C(C)C)c(C)nc2c(OC)ccc(OC)c12. The lowest BCUT2D eigenvalue weighted by Crippen LogP contribution is -2.05. The molecule has 0 unspecified atom stereocenters. The third-order valence-electron chi connectivity index (χ3n) is 3.56. The van der Waals surface area contributed by atoms with Gasteiger partial charge < -0.3 is 14.8 Å². The standard InChI is InChI=1S/C16H22N2O2/c1-9(2)13-10(3)18-15-12(20-6)8-7-11(19-5)14(15)16(13)17-4/h7-9H,1-6H3,(H,17,18). The quantitative estimate of drug-likeness (QED) is 0.922. The van der Waals surface area contributed by atoms with Crippen LogP contribution in [0, 0.1) is 6.92 Å². The summed E-state index contributed by atoms with van der Waals surface area (Å²) in [5.74, 6) is 1.94. The number of ether oxygens (including phenoxy) is 2. The van der Waals surface area contributed by atoms with Crippen LogP contribution < -0.4 is 14.8 Å². The Morgan fingerprint density at radius 3 is 2.20 bits per heavy atom. The number of pyridine rings is 1. The van der Waals surface area contributed by atoms with Crippen LogP contribution in [0.5, 0.6) is 11.5 Å². The molecule has 0 saturated carbocycles. The van der Waals surface area contributed by atoms with Crippen LogP contribution in [0.1, 0.15) is 31.0 Å². The molecule has 1 heterocycles. The first kappa shape index (κ1) is 14.4. The van der Waals surface area contributed by atoms with E-state index in [1.54, 1.807) is 14.2 Å². The molecule has 0 fully saturated rings. The lowest BCUT2D eigenvalue weighted by Gasteiger charge is -2.20. The molecule has 1 N–H and O–H groups in total. The Labute approximate surface area is 120 Å². The summed E-state index contributed by atoms with van der Waals surface area (Å²) in [5, 5.41) is 4.29. The first-order chi connectivity index (χ1) is 9.54. The van der Waals surface area contributed by atoms with Crippen molar-refractivity contribution >= 4 is 16.6 Å². The molecule has 108 valence electrons. The molecular weight excluding hydrogens is 252 g/mol. The number of aryl methyl sites for hydroxylation is 1. The Kier molecular flexibility index (Phi) is 4.02. The Balaban J connectivity index is 2.98. The maximum Gasteiger partial charge on any atom is 0.145 e. The molecule has 0 atom stereocenters. The molecule has 0 saturated heterocycles. The molecule has 1 aromatic carbocycles. The van der Waals surface area contributed by atoms with E-state index in [0.717, 1.165) is 33.8 Å². The van der Waals surface area contributed by atoms with E-state index in [4.69, 9.17) is 14.5 Å². The van der Waals surface area contributed by atoms with Crippen molar-refractivity contribution < 1.29 is 9.47 Å². The molecule has 0 aliphatic carbocycles. The van der Waals surface area contributed by atoms with Gasteiger partial charge in [-0.15, -0.1) is 0 Å². The molecule has 0 aliphatic rings. The van der Waals surface area contributed by atoms with Crippen molar-refractivity contribution in [3.05, 3.63) is 23.4 Å². The number of methoxy groups -OCH3 is 2. The number of rotatable bonds is 4. The van der Waals surface area contributed by atoms with Crippen LogP contribution in [-0.4, -0.2) is 26.3 Å². The van der Waals surface area contributed by atoms with Crippen molar-refractivity contribution in [2.45, 2.75) is 26.7 Å². The fourth-order valence-electron chi connectivity index (χ4n) is 2.75. The van der Waals surface area contributed by atoms with E-state index in [9.17, 15) is 0 Å². The molecule has 4 heteroatoms. The van der Waals surface area contributed by atoms with Crippen molar-refractivity contribution in [2.24, 2.45) is 0 Å². The number of aromatic nitrogens is 1. The van der Waals surface area contributed by atoms with E-state index < -0.39 is 0 Å². The number of benzene rings is 1. The number of nitrogens with zero attached hydrogens (tertiary/aromatic N) is 1. The highest BCUT2D eigenvalue weighted by molar-refractivity contribution is 6.01. The van der Waals surface area contributed by atoms with E-state index in [2.05, 4.69) is 19.2 Å². The number of hydrogen-bond donors (Lipinski definition) is 1. The lowest BCUT2D eigenvalue weighted by atomic mass is 9.96. The summed E-state index contributed by atoms with van der Waals surface area (Å²) in [6.45, 7) is 6.38. The highest BCUT2D eigenvalue weighted by Gasteiger charge is 2.19. The lowest BCUT2D eigenvalue weighted by molar-refractivity contribution is 0.409. The van der Waals surface area contributed by atoms with Gasteiger partial charge in [-0.05, 0) is 30.5 Å². The Bertz CT molecular complexity index is 636. The Morgan fingerprint density at radius 1 is 1.10 bits per heavy atom. The van der Waals surface area contributed by atoms with E-state index in [1.807, 2.05) is 26.1 Å². The normalized spacial score (nSPS) is 10.9. The zero-order valence-electron chi connectivity index (χ0n) is 13.0. The average molecular weight is 274 g/mol. The average Bonchev–Trinajstić information content (AvgIpc) is 2.44. The highest BCUT2D eigenvalue weighted by Crippen LogP contribution is 2.41. The van der Waals surface area contributed by atoms with Crippen LogP contribution in [-0.2, 0) is 0 Å². The summed E-state index contributed by atoms with van der Waals surface area (Å²) in [7, 11) is 5.27. The molecule has 0 aliphatic heterocycles. The van der Waals surface area contributed by atoms with Crippen molar-refractivity contribution in [3.63, 3.8) is 0 Å². The third kappa shape index (κ3) is 2.15. The Morgan fingerprint density at radius 2 is 1.70 bits per heavy atom. The molecule has 0 radical (unpaired) electrons. The highest BCUT2D eigenvalue weighted by atomic mass is 16.5. The van der Waals surface area contributed by atoms with Crippen molar-refractivity contribution in [2.75, 3.05) is 26.6 Å². The Hall–Kier alpha value is -1.97. The first-order valence-electron chi connectivity index (χ1n) is 6.78. The zero-order valence-corrected chi connectivity index (χ0v) is 13.0. The van der Waals surface area contributed by atoms with Crippen LogP contribution in [0.3, 0.4) is 0 Å². The monoisotopic (exact) mass is 274 g/mol. The van der Waals surface area contributed by atoms with Gasteiger partial charge in [-0.25, -0.2) is 4.98 Å². The van der Waals surface area contributed by atoms with Gasteiger partial charge in [-0.1, -0.05) is 13.8 Å². The molecule has 0 bridgehead atoms. The van der Waals surface area contributed by atoms with E-state index >= 15 is 0 Å². The molecule has 0 amide bonds. The second kappa shape index (κ2) is 5.57.